The van der Waals surface area contributed by atoms with Crippen LogP contribution in [0.2, 0.25) is 0 Å². The monoisotopic (exact) mass is 303 g/mol. The molecule has 1 saturated carbocycles. The molecule has 0 aromatic rings. The van der Waals surface area contributed by atoms with Crippen molar-refractivity contribution in [2.24, 2.45) is 5.41 Å². The van der Waals surface area contributed by atoms with Crippen molar-refractivity contribution >= 4 is 11.9 Å². The second kappa shape index (κ2) is 6.37. The van der Waals surface area contributed by atoms with Crippen molar-refractivity contribution in [3.8, 4) is 18.4 Å². The molecule has 2 rings (SSSR count). The average molecular weight is 303 g/mol. The molecule has 0 aromatic carbocycles. The van der Waals surface area contributed by atoms with Gasteiger partial charge in [-0.2, -0.15) is 5.26 Å². The number of carboxylic acids is 1. The molecular formula is C16H21N3O3. The SMILES string of the molecule is C#C[C@H]1CC[C@@H](C#N)N1C(=O)CN[C@@H]1CC[C@](C)(C(=O)O)C1. The second-order valence-corrected chi connectivity index (χ2v) is 6.39. The summed E-state index contributed by atoms with van der Waals surface area (Å²) >= 11 is 0. The lowest BCUT2D eigenvalue weighted by Crippen LogP contribution is -2.46. The van der Waals surface area contributed by atoms with E-state index in [9.17, 15) is 14.7 Å². The quantitative estimate of drug-likeness (QED) is 0.747. The minimum absolute atomic E-state index is 0.0116. The van der Waals surface area contributed by atoms with Crippen molar-refractivity contribution in [3.63, 3.8) is 0 Å². The highest BCUT2D eigenvalue weighted by Gasteiger charge is 2.42. The van der Waals surface area contributed by atoms with Crippen LogP contribution in [-0.2, 0) is 9.59 Å². The normalized spacial score (nSPS) is 34.1. The Kier molecular flexibility index (Phi) is 4.73. The molecule has 0 spiro atoms. The number of aliphatic carboxylic acids is 1. The molecule has 1 saturated heterocycles. The van der Waals surface area contributed by atoms with Gasteiger partial charge in [-0.1, -0.05) is 5.92 Å². The summed E-state index contributed by atoms with van der Waals surface area (Å²) < 4.78 is 0. The molecule has 1 aliphatic carbocycles. The van der Waals surface area contributed by atoms with Gasteiger partial charge in [0, 0.05) is 6.04 Å². The fourth-order valence-corrected chi connectivity index (χ4v) is 3.38. The fourth-order valence-electron chi connectivity index (χ4n) is 3.38. The van der Waals surface area contributed by atoms with E-state index in [0.29, 0.717) is 25.7 Å². The van der Waals surface area contributed by atoms with Crippen LogP contribution >= 0.6 is 0 Å². The largest absolute Gasteiger partial charge is 0.481 e. The first-order chi connectivity index (χ1) is 10.4. The zero-order chi connectivity index (χ0) is 16.3. The Balaban J connectivity index is 1.90. The Morgan fingerprint density at radius 1 is 1.41 bits per heavy atom. The van der Waals surface area contributed by atoms with Crippen molar-refractivity contribution in [1.82, 2.24) is 10.2 Å². The second-order valence-electron chi connectivity index (χ2n) is 6.39. The Hall–Kier alpha value is -2.05. The topological polar surface area (TPSA) is 93.4 Å². The third-order valence-corrected chi connectivity index (χ3v) is 4.81. The Morgan fingerprint density at radius 3 is 2.64 bits per heavy atom. The predicted molar refractivity (Wildman–Crippen MR) is 79.5 cm³/mol. The maximum Gasteiger partial charge on any atom is 0.309 e. The maximum absolute atomic E-state index is 12.3. The molecule has 0 radical (unpaired) electrons. The zero-order valence-corrected chi connectivity index (χ0v) is 12.7. The molecule has 4 atom stereocenters. The van der Waals surface area contributed by atoms with Crippen LogP contribution in [0.25, 0.3) is 0 Å². The van der Waals surface area contributed by atoms with Gasteiger partial charge >= 0.3 is 5.97 Å². The van der Waals surface area contributed by atoms with Crippen LogP contribution in [0.15, 0.2) is 0 Å². The highest BCUT2D eigenvalue weighted by molar-refractivity contribution is 5.80. The van der Waals surface area contributed by atoms with Crippen LogP contribution in [0, 0.1) is 29.1 Å². The van der Waals surface area contributed by atoms with Crippen molar-refractivity contribution < 1.29 is 14.7 Å². The number of hydrogen-bond donors (Lipinski definition) is 2. The molecule has 2 aliphatic rings. The highest BCUT2D eigenvalue weighted by atomic mass is 16.4. The molecule has 22 heavy (non-hydrogen) atoms. The van der Waals surface area contributed by atoms with Gasteiger partial charge in [-0.15, -0.1) is 6.42 Å². The lowest BCUT2D eigenvalue weighted by Gasteiger charge is -2.25. The first kappa shape index (κ1) is 16.3. The summed E-state index contributed by atoms with van der Waals surface area (Å²) in [5, 5.41) is 21.4. The molecular weight excluding hydrogens is 282 g/mol. The Morgan fingerprint density at radius 2 is 2.09 bits per heavy atom. The average Bonchev–Trinajstić information content (AvgIpc) is 3.08. The third kappa shape index (κ3) is 3.08. The van der Waals surface area contributed by atoms with E-state index in [1.165, 1.54) is 4.90 Å². The Labute approximate surface area is 130 Å². The molecule has 0 unspecified atom stereocenters. The summed E-state index contributed by atoms with van der Waals surface area (Å²) in [6.45, 7) is 1.83. The maximum atomic E-state index is 12.3. The van der Waals surface area contributed by atoms with Gasteiger partial charge in [0.1, 0.15) is 6.04 Å². The number of carboxylic acid groups (broad SMARTS) is 1. The number of terminal acetylenes is 1. The Bertz CT molecular complexity index is 526. The third-order valence-electron chi connectivity index (χ3n) is 4.81. The first-order valence-corrected chi connectivity index (χ1v) is 7.55. The summed E-state index contributed by atoms with van der Waals surface area (Å²) in [6.07, 6.45) is 8.53. The van der Waals surface area contributed by atoms with Crippen molar-refractivity contribution in [2.45, 2.75) is 57.2 Å². The van der Waals surface area contributed by atoms with Gasteiger partial charge in [-0.05, 0) is 39.0 Å². The standard InChI is InChI=1S/C16H21N3O3/c1-3-12-4-5-13(9-17)19(12)14(20)10-18-11-6-7-16(2,8-11)15(21)22/h1,11-13,18H,4-8,10H2,2H3,(H,21,22)/t11-,12+,13+,16+/m1/s1. The molecule has 0 bridgehead atoms. The summed E-state index contributed by atoms with van der Waals surface area (Å²) in [5.41, 5.74) is -0.717. The van der Waals surface area contributed by atoms with E-state index in [4.69, 9.17) is 11.7 Å². The van der Waals surface area contributed by atoms with Gasteiger partial charge in [0.25, 0.3) is 0 Å². The smallest absolute Gasteiger partial charge is 0.309 e. The number of carbonyl (C=O) groups is 2. The highest BCUT2D eigenvalue weighted by Crippen LogP contribution is 2.37. The number of hydrogen-bond acceptors (Lipinski definition) is 4. The van der Waals surface area contributed by atoms with E-state index in [0.717, 1.165) is 6.42 Å². The summed E-state index contributed by atoms with van der Waals surface area (Å²) in [4.78, 5) is 25.0. The number of likely N-dealkylation sites (tertiary alicyclic amines) is 1. The van der Waals surface area contributed by atoms with Gasteiger partial charge in [0.15, 0.2) is 0 Å². The lowest BCUT2D eigenvalue weighted by molar-refractivity contribution is -0.147. The molecule has 118 valence electrons. The molecule has 0 aromatic heterocycles. The van der Waals surface area contributed by atoms with Crippen LogP contribution < -0.4 is 5.32 Å². The summed E-state index contributed by atoms with van der Waals surface area (Å²) in [6, 6.07) is 1.36. The zero-order valence-electron chi connectivity index (χ0n) is 12.7. The van der Waals surface area contributed by atoms with Crippen LogP contribution in [-0.4, -0.2) is 46.6 Å². The molecule has 6 heteroatoms. The molecule has 1 heterocycles. The molecule has 1 aliphatic heterocycles. The van der Waals surface area contributed by atoms with Gasteiger partial charge in [0.2, 0.25) is 5.91 Å². The number of rotatable bonds is 4. The summed E-state index contributed by atoms with van der Waals surface area (Å²) in [5.74, 6) is 1.59. The van der Waals surface area contributed by atoms with Gasteiger partial charge in [-0.25, -0.2) is 0 Å². The van der Waals surface area contributed by atoms with Gasteiger partial charge < -0.3 is 15.3 Å². The lowest BCUT2D eigenvalue weighted by atomic mass is 9.89. The van der Waals surface area contributed by atoms with E-state index in [-0.39, 0.29) is 24.5 Å². The van der Waals surface area contributed by atoms with Crippen molar-refractivity contribution in [2.75, 3.05) is 6.54 Å². The first-order valence-electron chi connectivity index (χ1n) is 7.55. The number of nitriles is 1. The van der Waals surface area contributed by atoms with Crippen LogP contribution in [0.5, 0.6) is 0 Å². The molecule has 2 N–H and O–H groups in total. The van der Waals surface area contributed by atoms with Crippen LogP contribution in [0.1, 0.15) is 39.0 Å². The van der Waals surface area contributed by atoms with Crippen molar-refractivity contribution in [1.29, 1.82) is 5.26 Å². The minimum atomic E-state index is -0.792. The van der Waals surface area contributed by atoms with Crippen LogP contribution in [0.4, 0.5) is 0 Å². The van der Waals surface area contributed by atoms with Crippen LogP contribution in [0.3, 0.4) is 0 Å². The minimum Gasteiger partial charge on any atom is -0.481 e. The van der Waals surface area contributed by atoms with E-state index in [2.05, 4.69) is 17.3 Å². The van der Waals surface area contributed by atoms with E-state index >= 15 is 0 Å². The van der Waals surface area contributed by atoms with E-state index in [1.54, 1.807) is 6.92 Å². The number of carbonyl (C=O) groups excluding carboxylic acids is 1. The van der Waals surface area contributed by atoms with Crippen molar-refractivity contribution in [3.05, 3.63) is 0 Å². The van der Waals surface area contributed by atoms with Gasteiger partial charge in [0.05, 0.1) is 24.1 Å². The van der Waals surface area contributed by atoms with E-state index < -0.39 is 17.4 Å². The predicted octanol–water partition coefficient (Wildman–Crippen LogP) is 0.736. The van der Waals surface area contributed by atoms with Gasteiger partial charge in [-0.3, -0.25) is 9.59 Å². The fraction of sp³-hybridized carbons (Fsp3) is 0.688. The molecule has 2 fully saturated rings. The summed E-state index contributed by atoms with van der Waals surface area (Å²) in [7, 11) is 0. The van der Waals surface area contributed by atoms with E-state index in [1.807, 2.05) is 0 Å². The molecule has 1 amide bonds. The molecule has 6 nitrogen and oxygen atoms in total. The number of amides is 1. The number of nitrogens with zero attached hydrogens (tertiary/aromatic N) is 2. The number of nitrogens with one attached hydrogen (secondary N) is 1.